The van der Waals surface area contributed by atoms with E-state index in [1.807, 2.05) is 0 Å². The Morgan fingerprint density at radius 2 is 1.73 bits per heavy atom. The fourth-order valence-electron chi connectivity index (χ4n) is 3.78. The monoisotopic (exact) mass is 210 g/mol. The van der Waals surface area contributed by atoms with Crippen molar-refractivity contribution in [2.24, 2.45) is 5.92 Å². The lowest BCUT2D eigenvalue weighted by Gasteiger charge is -2.35. The summed E-state index contributed by atoms with van der Waals surface area (Å²) in [5.74, 6) is 0.850. The van der Waals surface area contributed by atoms with Gasteiger partial charge in [0.1, 0.15) is 0 Å². The van der Waals surface area contributed by atoms with Crippen LogP contribution in [0.3, 0.4) is 0 Å². The van der Waals surface area contributed by atoms with Crippen molar-refractivity contribution in [2.45, 2.75) is 69.7 Å². The van der Waals surface area contributed by atoms with Crippen molar-refractivity contribution in [2.75, 3.05) is 6.61 Å². The predicted octanol–water partition coefficient (Wildman–Crippen LogP) is 3.25. The number of rotatable bonds is 2. The molecule has 1 atom stereocenters. The average molecular weight is 210 g/mol. The maximum absolute atomic E-state index is 6.34. The maximum atomic E-state index is 6.34. The zero-order valence-corrected chi connectivity index (χ0v) is 9.54. The standard InChI is InChI=1S/C13H22O2/c1-2-10-14-12(7-1)15-13-8-3-5-11(13)6-4-9-13/h11-12H,1-10H2. The predicted molar refractivity (Wildman–Crippen MR) is 58.6 cm³/mol. The Morgan fingerprint density at radius 1 is 0.933 bits per heavy atom. The van der Waals surface area contributed by atoms with Crippen molar-refractivity contribution in [3.8, 4) is 0 Å². The van der Waals surface area contributed by atoms with Crippen molar-refractivity contribution >= 4 is 0 Å². The highest BCUT2D eigenvalue weighted by Crippen LogP contribution is 2.50. The molecule has 2 nitrogen and oxygen atoms in total. The van der Waals surface area contributed by atoms with Crippen LogP contribution in [0.25, 0.3) is 0 Å². The molecule has 3 aliphatic rings. The van der Waals surface area contributed by atoms with E-state index < -0.39 is 0 Å². The minimum Gasteiger partial charge on any atom is -0.353 e. The number of hydrogen-bond donors (Lipinski definition) is 0. The summed E-state index contributed by atoms with van der Waals surface area (Å²) in [6.07, 6.45) is 11.9. The quantitative estimate of drug-likeness (QED) is 0.696. The lowest BCUT2D eigenvalue weighted by Crippen LogP contribution is -2.38. The topological polar surface area (TPSA) is 18.5 Å². The third-order valence-electron chi connectivity index (χ3n) is 4.55. The molecule has 1 aliphatic heterocycles. The fourth-order valence-corrected chi connectivity index (χ4v) is 3.78. The largest absolute Gasteiger partial charge is 0.353 e. The van der Waals surface area contributed by atoms with Gasteiger partial charge in [-0.05, 0) is 50.9 Å². The molecule has 0 N–H and O–H groups in total. The first-order valence-corrected chi connectivity index (χ1v) is 6.68. The number of fused-ring (bicyclic) bond motifs is 1. The summed E-state index contributed by atoms with van der Waals surface area (Å²) >= 11 is 0. The van der Waals surface area contributed by atoms with Gasteiger partial charge in [-0.1, -0.05) is 12.8 Å². The van der Waals surface area contributed by atoms with Gasteiger partial charge in [-0.15, -0.1) is 0 Å². The molecule has 2 aliphatic carbocycles. The molecule has 3 rings (SSSR count). The molecule has 0 spiro atoms. The van der Waals surface area contributed by atoms with Crippen LogP contribution in [0.1, 0.15) is 57.8 Å². The van der Waals surface area contributed by atoms with Crippen LogP contribution < -0.4 is 0 Å². The van der Waals surface area contributed by atoms with E-state index in [0.29, 0.717) is 0 Å². The third-order valence-corrected chi connectivity index (χ3v) is 4.55. The van der Waals surface area contributed by atoms with Crippen molar-refractivity contribution in [1.29, 1.82) is 0 Å². The smallest absolute Gasteiger partial charge is 0.158 e. The summed E-state index contributed by atoms with van der Waals surface area (Å²) in [7, 11) is 0. The van der Waals surface area contributed by atoms with Crippen LogP contribution in [0.2, 0.25) is 0 Å². The van der Waals surface area contributed by atoms with Gasteiger partial charge in [0.25, 0.3) is 0 Å². The molecule has 1 unspecified atom stereocenters. The van der Waals surface area contributed by atoms with Gasteiger partial charge in [-0.3, -0.25) is 0 Å². The van der Waals surface area contributed by atoms with Gasteiger partial charge in [0.05, 0.1) is 5.60 Å². The molecule has 2 heteroatoms. The van der Waals surface area contributed by atoms with E-state index in [9.17, 15) is 0 Å². The SMILES string of the molecule is C1CCC(OC23CCCC2CCC3)OC1. The second-order valence-electron chi connectivity index (χ2n) is 5.46. The van der Waals surface area contributed by atoms with Crippen LogP contribution in [0.4, 0.5) is 0 Å². The lowest BCUT2D eigenvalue weighted by atomic mass is 9.94. The van der Waals surface area contributed by atoms with E-state index in [1.165, 1.54) is 51.4 Å². The van der Waals surface area contributed by atoms with E-state index >= 15 is 0 Å². The minimum absolute atomic E-state index is 0.123. The normalized spacial score (nSPS) is 45.6. The fraction of sp³-hybridized carbons (Fsp3) is 1.00. The van der Waals surface area contributed by atoms with Gasteiger partial charge in [-0.25, -0.2) is 0 Å². The molecule has 86 valence electrons. The van der Waals surface area contributed by atoms with Gasteiger partial charge in [0.15, 0.2) is 6.29 Å². The van der Waals surface area contributed by atoms with Crippen LogP contribution in [-0.2, 0) is 9.47 Å². The summed E-state index contributed by atoms with van der Waals surface area (Å²) < 4.78 is 12.1. The van der Waals surface area contributed by atoms with Crippen LogP contribution in [0, 0.1) is 5.92 Å². The zero-order chi connectivity index (χ0) is 10.1. The Bertz CT molecular complexity index is 211. The molecular weight excluding hydrogens is 188 g/mol. The molecular formula is C13H22O2. The molecule has 0 amide bonds. The van der Waals surface area contributed by atoms with Gasteiger partial charge in [-0.2, -0.15) is 0 Å². The van der Waals surface area contributed by atoms with Crippen molar-refractivity contribution in [1.82, 2.24) is 0 Å². The van der Waals surface area contributed by atoms with E-state index in [4.69, 9.17) is 9.47 Å². The molecule has 2 saturated carbocycles. The van der Waals surface area contributed by atoms with Gasteiger partial charge in [0.2, 0.25) is 0 Å². The molecule has 3 fully saturated rings. The summed E-state index contributed by atoms with van der Waals surface area (Å²) in [6.45, 7) is 0.908. The van der Waals surface area contributed by atoms with E-state index in [1.54, 1.807) is 0 Å². The van der Waals surface area contributed by atoms with Crippen molar-refractivity contribution in [3.05, 3.63) is 0 Å². The molecule has 1 saturated heterocycles. The first kappa shape index (κ1) is 10.1. The van der Waals surface area contributed by atoms with Crippen LogP contribution in [0.15, 0.2) is 0 Å². The highest BCUT2D eigenvalue weighted by atomic mass is 16.7. The van der Waals surface area contributed by atoms with Gasteiger partial charge < -0.3 is 9.47 Å². The van der Waals surface area contributed by atoms with E-state index in [2.05, 4.69) is 0 Å². The van der Waals surface area contributed by atoms with Crippen LogP contribution >= 0.6 is 0 Å². The molecule has 0 bridgehead atoms. The van der Waals surface area contributed by atoms with Crippen LogP contribution in [-0.4, -0.2) is 18.5 Å². The van der Waals surface area contributed by atoms with E-state index in [0.717, 1.165) is 18.9 Å². The Labute approximate surface area is 92.3 Å². The second-order valence-corrected chi connectivity index (χ2v) is 5.46. The van der Waals surface area contributed by atoms with Gasteiger partial charge in [0, 0.05) is 6.61 Å². The lowest BCUT2D eigenvalue weighted by molar-refractivity contribution is -0.230. The van der Waals surface area contributed by atoms with E-state index in [-0.39, 0.29) is 11.9 Å². The molecule has 0 radical (unpaired) electrons. The molecule has 0 aromatic heterocycles. The zero-order valence-electron chi connectivity index (χ0n) is 9.54. The third kappa shape index (κ3) is 1.83. The molecule has 15 heavy (non-hydrogen) atoms. The Balaban J connectivity index is 1.64. The summed E-state index contributed by atoms with van der Waals surface area (Å²) in [6, 6.07) is 0. The maximum Gasteiger partial charge on any atom is 0.158 e. The first-order valence-electron chi connectivity index (χ1n) is 6.68. The van der Waals surface area contributed by atoms with Crippen molar-refractivity contribution in [3.63, 3.8) is 0 Å². The minimum atomic E-state index is 0.123. The highest BCUT2D eigenvalue weighted by Gasteiger charge is 2.48. The van der Waals surface area contributed by atoms with Crippen molar-refractivity contribution < 1.29 is 9.47 Å². The molecule has 1 heterocycles. The second kappa shape index (κ2) is 4.06. The average Bonchev–Trinajstić information content (AvgIpc) is 2.78. The molecule has 0 aromatic carbocycles. The number of ether oxygens (including phenoxy) is 2. The highest BCUT2D eigenvalue weighted by molar-refractivity contribution is 4.98. The summed E-state index contributed by atoms with van der Waals surface area (Å²) in [5.41, 5.74) is 0.238. The summed E-state index contributed by atoms with van der Waals surface area (Å²) in [5, 5.41) is 0. The molecule has 0 aromatic rings. The number of hydrogen-bond acceptors (Lipinski definition) is 2. The first-order chi connectivity index (χ1) is 7.39. The van der Waals surface area contributed by atoms with Gasteiger partial charge >= 0.3 is 0 Å². The van der Waals surface area contributed by atoms with Crippen LogP contribution in [0.5, 0.6) is 0 Å². The Kier molecular flexibility index (Phi) is 2.73. The Morgan fingerprint density at radius 3 is 2.40 bits per heavy atom. The Hall–Kier alpha value is -0.0800. The summed E-state index contributed by atoms with van der Waals surface area (Å²) in [4.78, 5) is 0.